The van der Waals surface area contributed by atoms with Crippen LogP contribution in [-0.2, 0) is 11.8 Å². The van der Waals surface area contributed by atoms with E-state index in [1.54, 1.807) is 17.0 Å². The SMILES string of the molecule is Cn1nccc1/C=C/C(=O)NC(C)(CO)C1CCCCC1. The average molecular weight is 291 g/mol. The van der Waals surface area contributed by atoms with Crippen LogP contribution in [0.2, 0.25) is 0 Å². The zero-order chi connectivity index (χ0) is 15.3. The minimum atomic E-state index is -0.533. The number of aromatic nitrogens is 2. The molecule has 5 nitrogen and oxygen atoms in total. The van der Waals surface area contributed by atoms with Gasteiger partial charge in [0.25, 0.3) is 0 Å². The maximum Gasteiger partial charge on any atom is 0.244 e. The Balaban J connectivity index is 1.98. The number of nitrogens with zero attached hydrogens (tertiary/aromatic N) is 2. The molecule has 1 aromatic rings. The van der Waals surface area contributed by atoms with Crippen LogP contribution < -0.4 is 5.32 Å². The van der Waals surface area contributed by atoms with Gasteiger partial charge in [-0.1, -0.05) is 19.3 Å². The fourth-order valence-corrected chi connectivity index (χ4v) is 3.04. The molecule has 116 valence electrons. The van der Waals surface area contributed by atoms with E-state index in [1.165, 1.54) is 25.3 Å². The fourth-order valence-electron chi connectivity index (χ4n) is 3.04. The molecule has 2 rings (SSSR count). The van der Waals surface area contributed by atoms with Gasteiger partial charge in [-0.15, -0.1) is 0 Å². The smallest absolute Gasteiger partial charge is 0.244 e. The van der Waals surface area contributed by atoms with Gasteiger partial charge in [-0.2, -0.15) is 5.10 Å². The third-order valence-electron chi connectivity index (χ3n) is 4.51. The van der Waals surface area contributed by atoms with Crippen LogP contribution in [0.25, 0.3) is 6.08 Å². The highest BCUT2D eigenvalue weighted by Gasteiger charge is 2.35. The molecule has 1 atom stereocenters. The maximum absolute atomic E-state index is 12.1. The molecule has 0 spiro atoms. The third-order valence-corrected chi connectivity index (χ3v) is 4.51. The number of aliphatic hydroxyl groups is 1. The summed E-state index contributed by atoms with van der Waals surface area (Å²) in [6.07, 6.45) is 10.7. The van der Waals surface area contributed by atoms with Gasteiger partial charge < -0.3 is 10.4 Å². The summed E-state index contributed by atoms with van der Waals surface area (Å²) in [6.45, 7) is 1.92. The van der Waals surface area contributed by atoms with Crippen LogP contribution in [0.4, 0.5) is 0 Å². The van der Waals surface area contributed by atoms with E-state index in [0.717, 1.165) is 18.5 Å². The van der Waals surface area contributed by atoms with Crippen molar-refractivity contribution in [1.29, 1.82) is 0 Å². The Morgan fingerprint density at radius 2 is 2.24 bits per heavy atom. The van der Waals surface area contributed by atoms with Crippen molar-refractivity contribution in [2.45, 2.75) is 44.6 Å². The second-order valence-electron chi connectivity index (χ2n) is 6.11. The maximum atomic E-state index is 12.1. The first kappa shape index (κ1) is 15.8. The highest BCUT2D eigenvalue weighted by Crippen LogP contribution is 2.32. The summed E-state index contributed by atoms with van der Waals surface area (Å²) in [7, 11) is 1.83. The van der Waals surface area contributed by atoms with E-state index in [-0.39, 0.29) is 12.5 Å². The van der Waals surface area contributed by atoms with Gasteiger partial charge in [0.2, 0.25) is 5.91 Å². The quantitative estimate of drug-likeness (QED) is 0.814. The van der Waals surface area contributed by atoms with Crippen LogP contribution >= 0.6 is 0 Å². The summed E-state index contributed by atoms with van der Waals surface area (Å²) in [5, 5.41) is 16.8. The zero-order valence-electron chi connectivity index (χ0n) is 12.9. The molecule has 21 heavy (non-hydrogen) atoms. The molecule has 0 radical (unpaired) electrons. The Morgan fingerprint density at radius 3 is 2.81 bits per heavy atom. The topological polar surface area (TPSA) is 67.2 Å². The van der Waals surface area contributed by atoms with Crippen LogP contribution in [0.3, 0.4) is 0 Å². The van der Waals surface area contributed by atoms with Crippen molar-refractivity contribution in [3.63, 3.8) is 0 Å². The van der Waals surface area contributed by atoms with Crippen LogP contribution in [-0.4, -0.2) is 32.9 Å². The van der Waals surface area contributed by atoms with Crippen LogP contribution in [0.1, 0.15) is 44.7 Å². The van der Waals surface area contributed by atoms with Crippen LogP contribution in [0.5, 0.6) is 0 Å². The lowest BCUT2D eigenvalue weighted by molar-refractivity contribution is -0.119. The third kappa shape index (κ3) is 3.94. The number of aryl methyl sites for hydroxylation is 1. The molecule has 1 aliphatic carbocycles. The molecule has 0 bridgehead atoms. The lowest BCUT2D eigenvalue weighted by Crippen LogP contribution is -2.54. The molecule has 1 fully saturated rings. The first-order valence-corrected chi connectivity index (χ1v) is 7.64. The van der Waals surface area contributed by atoms with Crippen molar-refractivity contribution in [3.8, 4) is 0 Å². The predicted octanol–water partition coefficient (Wildman–Crippen LogP) is 1.88. The standard InChI is InChI=1S/C16H25N3O2/c1-16(12-20,13-6-4-3-5-7-13)18-15(21)9-8-14-10-11-17-19(14)2/h8-11,13,20H,3-7,12H2,1-2H3,(H,18,21)/b9-8+. The fraction of sp³-hybridized carbons (Fsp3) is 0.625. The Bertz CT molecular complexity index is 503. The van der Waals surface area contributed by atoms with Gasteiger partial charge in [-0.3, -0.25) is 9.48 Å². The zero-order valence-corrected chi connectivity index (χ0v) is 12.9. The Labute approximate surface area is 126 Å². The Hall–Kier alpha value is -1.62. The minimum absolute atomic E-state index is 0.0248. The average Bonchev–Trinajstić information content (AvgIpc) is 2.91. The Kier molecular flexibility index (Phi) is 5.17. The summed E-state index contributed by atoms with van der Waals surface area (Å²) in [4.78, 5) is 12.1. The van der Waals surface area contributed by atoms with Crippen molar-refractivity contribution < 1.29 is 9.90 Å². The molecule has 1 unspecified atom stereocenters. The largest absolute Gasteiger partial charge is 0.394 e. The molecule has 0 aliphatic heterocycles. The first-order valence-electron chi connectivity index (χ1n) is 7.64. The molecular weight excluding hydrogens is 266 g/mol. The van der Waals surface area contributed by atoms with Gasteiger partial charge in [0.1, 0.15) is 0 Å². The van der Waals surface area contributed by atoms with E-state index in [9.17, 15) is 9.90 Å². The molecule has 1 saturated carbocycles. The van der Waals surface area contributed by atoms with Crippen LogP contribution in [0.15, 0.2) is 18.3 Å². The van der Waals surface area contributed by atoms with Gasteiger partial charge in [0, 0.05) is 19.3 Å². The summed E-state index contributed by atoms with van der Waals surface area (Å²) in [6, 6.07) is 1.84. The lowest BCUT2D eigenvalue weighted by atomic mass is 9.76. The second-order valence-corrected chi connectivity index (χ2v) is 6.11. The number of amides is 1. The Morgan fingerprint density at radius 1 is 1.52 bits per heavy atom. The molecular formula is C16H25N3O2. The van der Waals surface area contributed by atoms with E-state index >= 15 is 0 Å². The van der Waals surface area contributed by atoms with Gasteiger partial charge in [-0.25, -0.2) is 0 Å². The lowest BCUT2D eigenvalue weighted by Gasteiger charge is -2.39. The van der Waals surface area contributed by atoms with Crippen molar-refractivity contribution in [2.24, 2.45) is 13.0 Å². The minimum Gasteiger partial charge on any atom is -0.394 e. The highest BCUT2D eigenvalue weighted by atomic mass is 16.3. The van der Waals surface area contributed by atoms with Crippen molar-refractivity contribution in [2.75, 3.05) is 6.61 Å². The normalized spacial score (nSPS) is 19.6. The molecule has 0 saturated heterocycles. The first-order chi connectivity index (χ1) is 10.0. The molecule has 1 amide bonds. The molecule has 1 aliphatic rings. The van der Waals surface area contributed by atoms with Gasteiger partial charge in [-0.05, 0) is 37.8 Å². The van der Waals surface area contributed by atoms with E-state index in [0.29, 0.717) is 5.92 Å². The van der Waals surface area contributed by atoms with E-state index < -0.39 is 5.54 Å². The number of carbonyl (C=O) groups excluding carboxylic acids is 1. The highest BCUT2D eigenvalue weighted by molar-refractivity contribution is 5.92. The number of hydrogen-bond acceptors (Lipinski definition) is 3. The van der Waals surface area contributed by atoms with Crippen molar-refractivity contribution in [3.05, 3.63) is 24.0 Å². The molecule has 1 aromatic heterocycles. The summed E-state index contributed by atoms with van der Waals surface area (Å²) in [5.74, 6) is 0.184. The number of aliphatic hydroxyl groups excluding tert-OH is 1. The summed E-state index contributed by atoms with van der Waals surface area (Å²) < 4.78 is 1.70. The van der Waals surface area contributed by atoms with Crippen molar-refractivity contribution >= 4 is 12.0 Å². The molecule has 5 heteroatoms. The molecule has 0 aromatic carbocycles. The van der Waals surface area contributed by atoms with E-state index in [4.69, 9.17) is 0 Å². The van der Waals surface area contributed by atoms with Gasteiger partial charge in [0.05, 0.1) is 17.8 Å². The van der Waals surface area contributed by atoms with E-state index in [1.807, 2.05) is 20.0 Å². The van der Waals surface area contributed by atoms with Gasteiger partial charge >= 0.3 is 0 Å². The van der Waals surface area contributed by atoms with Crippen molar-refractivity contribution in [1.82, 2.24) is 15.1 Å². The number of carbonyl (C=O) groups is 1. The monoisotopic (exact) mass is 291 g/mol. The second kappa shape index (κ2) is 6.89. The number of hydrogen-bond donors (Lipinski definition) is 2. The molecule has 2 N–H and O–H groups in total. The summed E-state index contributed by atoms with van der Waals surface area (Å²) >= 11 is 0. The number of rotatable bonds is 5. The van der Waals surface area contributed by atoms with Crippen LogP contribution in [0, 0.1) is 5.92 Å². The summed E-state index contributed by atoms with van der Waals surface area (Å²) in [5.41, 5.74) is 0.336. The van der Waals surface area contributed by atoms with E-state index in [2.05, 4.69) is 10.4 Å². The predicted molar refractivity (Wildman–Crippen MR) is 82.5 cm³/mol. The molecule has 1 heterocycles. The van der Waals surface area contributed by atoms with Gasteiger partial charge in [0.15, 0.2) is 0 Å². The number of nitrogens with one attached hydrogen (secondary N) is 1.